The molecule has 0 aromatic rings. The molecule has 3 heteroatoms. The Morgan fingerprint density at radius 3 is 0.549 bits per heavy atom. The van der Waals surface area contributed by atoms with E-state index in [9.17, 15) is 4.79 Å². The molecule has 0 heterocycles. The molecule has 0 aliphatic carbocycles. The van der Waals surface area contributed by atoms with Gasteiger partial charge in [-0.1, -0.05) is 362 Å². The van der Waals surface area contributed by atoms with Gasteiger partial charge in [-0.15, -0.1) is 0 Å². The zero-order valence-corrected chi connectivity index (χ0v) is 50.4. The number of unbranched alkanes of at least 4 members (excludes halogenated alkanes) is 52. The molecule has 0 radical (unpaired) electrons. The molecule has 3 nitrogen and oxygen atoms in total. The van der Waals surface area contributed by atoms with Gasteiger partial charge < -0.3 is 9.80 Å². The number of carbonyl (C=O) groups is 1. The van der Waals surface area contributed by atoms with Crippen molar-refractivity contribution in [2.75, 3.05) is 32.7 Å². The van der Waals surface area contributed by atoms with Crippen molar-refractivity contribution >= 4 is 5.91 Å². The van der Waals surface area contributed by atoms with E-state index in [-0.39, 0.29) is 0 Å². The van der Waals surface area contributed by atoms with Crippen LogP contribution in [-0.4, -0.2) is 48.4 Å². The first-order valence-electron chi connectivity index (χ1n) is 34.2. The van der Waals surface area contributed by atoms with Crippen LogP contribution in [0.2, 0.25) is 0 Å². The molecule has 0 aromatic heterocycles. The number of hydrogen-bond donors (Lipinski definition) is 0. The maximum absolute atomic E-state index is 14.0. The third-order valence-electron chi connectivity index (χ3n) is 16.4. The highest BCUT2D eigenvalue weighted by molar-refractivity contribution is 5.76. The smallest absolute Gasteiger partial charge is 0.222 e. The Labute approximate surface area is 451 Å². The first kappa shape index (κ1) is 70.4. The molecule has 0 spiro atoms. The number of carbonyl (C=O) groups excluding carboxylic acids is 1. The van der Waals surface area contributed by atoms with Crippen molar-refractivity contribution in [1.29, 1.82) is 0 Å². The highest BCUT2D eigenvalue weighted by Gasteiger charge is 2.14. The van der Waals surface area contributed by atoms with Gasteiger partial charge in [0.2, 0.25) is 5.91 Å². The van der Waals surface area contributed by atoms with Crippen LogP contribution in [0.15, 0.2) is 0 Å². The van der Waals surface area contributed by atoms with E-state index < -0.39 is 0 Å². The summed E-state index contributed by atoms with van der Waals surface area (Å²) >= 11 is 0. The van der Waals surface area contributed by atoms with Gasteiger partial charge in [-0.05, 0) is 51.7 Å². The number of rotatable bonds is 64. The van der Waals surface area contributed by atoms with Crippen molar-refractivity contribution in [1.82, 2.24) is 9.80 Å². The lowest BCUT2D eigenvalue weighted by atomic mass is 10.0. The molecule has 71 heavy (non-hydrogen) atoms. The van der Waals surface area contributed by atoms with Crippen molar-refractivity contribution in [2.45, 2.75) is 400 Å². The van der Waals surface area contributed by atoms with Gasteiger partial charge in [0, 0.05) is 19.5 Å². The predicted octanol–water partition coefficient (Wildman–Crippen LogP) is 23.8. The minimum atomic E-state index is 0.460. The quantitative estimate of drug-likeness (QED) is 0.0567. The summed E-state index contributed by atoms with van der Waals surface area (Å²) in [4.78, 5) is 19.1. The van der Waals surface area contributed by atoms with E-state index in [2.05, 4.69) is 37.5 Å². The van der Waals surface area contributed by atoms with Gasteiger partial charge in [0.05, 0.1) is 0 Å². The standard InChI is InChI=1S/C68H138N2O/c1-5-9-13-17-21-25-29-33-37-41-45-49-53-57-63-69(64-58-54-50-46-42-38-34-30-26-22-18-14-10-6-2)65-61-62-68(71)70(66-59-55-51-47-43-39-35-31-27-23-19-15-11-7-3)67-60-56-52-48-44-40-36-32-28-24-20-16-12-8-4/h5-67H2,1-4H3. The lowest BCUT2D eigenvalue weighted by molar-refractivity contribution is -0.131. The van der Waals surface area contributed by atoms with Crippen LogP contribution in [0, 0.1) is 0 Å². The molecule has 0 unspecified atom stereocenters. The van der Waals surface area contributed by atoms with Crippen LogP contribution in [0.25, 0.3) is 0 Å². The second-order valence-electron chi connectivity index (χ2n) is 23.7. The Morgan fingerprint density at radius 2 is 0.352 bits per heavy atom. The number of amides is 1. The molecule has 0 saturated heterocycles. The fourth-order valence-corrected chi connectivity index (χ4v) is 11.4. The van der Waals surface area contributed by atoms with Gasteiger partial charge in [0.25, 0.3) is 0 Å². The van der Waals surface area contributed by atoms with Gasteiger partial charge >= 0.3 is 0 Å². The minimum Gasteiger partial charge on any atom is -0.343 e. The van der Waals surface area contributed by atoms with Crippen molar-refractivity contribution in [3.05, 3.63) is 0 Å². The fraction of sp³-hybridized carbons (Fsp3) is 0.985. The van der Waals surface area contributed by atoms with Crippen LogP contribution in [0.5, 0.6) is 0 Å². The third-order valence-corrected chi connectivity index (χ3v) is 16.4. The summed E-state index contributed by atoms with van der Waals surface area (Å²) in [7, 11) is 0. The first-order valence-corrected chi connectivity index (χ1v) is 34.2. The highest BCUT2D eigenvalue weighted by Crippen LogP contribution is 2.19. The van der Waals surface area contributed by atoms with Crippen LogP contribution in [-0.2, 0) is 4.79 Å². The van der Waals surface area contributed by atoms with E-state index in [0.29, 0.717) is 5.91 Å². The van der Waals surface area contributed by atoms with Crippen molar-refractivity contribution in [3.8, 4) is 0 Å². The molecular weight excluding hydrogens is 861 g/mol. The Balaban J connectivity index is 4.83. The second-order valence-corrected chi connectivity index (χ2v) is 23.7. The Bertz CT molecular complexity index is 887. The summed E-state index contributed by atoms with van der Waals surface area (Å²) in [5, 5.41) is 0. The second kappa shape index (κ2) is 63.7. The molecule has 0 aliphatic heterocycles. The fourth-order valence-electron chi connectivity index (χ4n) is 11.4. The molecule has 0 atom stereocenters. The lowest BCUT2D eigenvalue weighted by Crippen LogP contribution is -2.34. The molecule has 426 valence electrons. The summed E-state index contributed by atoms with van der Waals surface area (Å²) in [6, 6.07) is 0. The van der Waals surface area contributed by atoms with Crippen molar-refractivity contribution in [3.63, 3.8) is 0 Å². The van der Waals surface area contributed by atoms with Gasteiger partial charge in [-0.2, -0.15) is 0 Å². The zero-order valence-electron chi connectivity index (χ0n) is 50.4. The SMILES string of the molecule is CCCCCCCCCCCCCCCCN(CCCCCCCCCCCCCCCC)CCCC(=O)N(CCCCCCCCCCCCCCCC)CCCCCCCCCCCCCCCC. The topological polar surface area (TPSA) is 23.6 Å². The van der Waals surface area contributed by atoms with E-state index in [1.165, 1.54) is 373 Å². The summed E-state index contributed by atoms with van der Waals surface area (Å²) in [5.41, 5.74) is 0. The van der Waals surface area contributed by atoms with Crippen LogP contribution in [0.1, 0.15) is 400 Å². The zero-order chi connectivity index (χ0) is 51.3. The Morgan fingerprint density at radius 1 is 0.197 bits per heavy atom. The summed E-state index contributed by atoms with van der Waals surface area (Å²) < 4.78 is 0. The minimum absolute atomic E-state index is 0.460. The molecule has 0 aliphatic rings. The molecule has 1 amide bonds. The largest absolute Gasteiger partial charge is 0.343 e. The monoisotopic (exact) mass is 999 g/mol. The van der Waals surface area contributed by atoms with Gasteiger partial charge in [0.15, 0.2) is 0 Å². The van der Waals surface area contributed by atoms with E-state index in [1.54, 1.807) is 0 Å². The van der Waals surface area contributed by atoms with Gasteiger partial charge in [0.1, 0.15) is 0 Å². The van der Waals surface area contributed by atoms with Crippen LogP contribution >= 0.6 is 0 Å². The average molecular weight is 1000 g/mol. The van der Waals surface area contributed by atoms with E-state index >= 15 is 0 Å². The van der Waals surface area contributed by atoms with E-state index in [1.807, 2.05) is 0 Å². The highest BCUT2D eigenvalue weighted by atomic mass is 16.2. The predicted molar refractivity (Wildman–Crippen MR) is 324 cm³/mol. The maximum atomic E-state index is 14.0. The summed E-state index contributed by atoms with van der Waals surface area (Å²) in [6.07, 6.45) is 80.8. The van der Waals surface area contributed by atoms with E-state index in [4.69, 9.17) is 0 Å². The molecule has 0 N–H and O–H groups in total. The summed E-state index contributed by atoms with van der Waals surface area (Å²) in [5.74, 6) is 0.460. The first-order chi connectivity index (χ1) is 35.2. The normalized spacial score (nSPS) is 11.7. The van der Waals surface area contributed by atoms with E-state index in [0.717, 1.165) is 32.5 Å². The number of nitrogens with zero attached hydrogens (tertiary/aromatic N) is 2. The molecule has 0 bridgehead atoms. The Kier molecular flexibility index (Phi) is 63.2. The van der Waals surface area contributed by atoms with Crippen LogP contribution in [0.4, 0.5) is 0 Å². The average Bonchev–Trinajstić information content (AvgIpc) is 3.38. The van der Waals surface area contributed by atoms with Gasteiger partial charge in [-0.3, -0.25) is 4.79 Å². The molecule has 0 aromatic carbocycles. The van der Waals surface area contributed by atoms with Gasteiger partial charge in [-0.25, -0.2) is 0 Å². The molecule has 0 fully saturated rings. The lowest BCUT2D eigenvalue weighted by Gasteiger charge is -2.25. The Hall–Kier alpha value is -0.570. The van der Waals surface area contributed by atoms with Crippen molar-refractivity contribution in [2.24, 2.45) is 0 Å². The molecular formula is C68H138N2O. The number of hydrogen-bond acceptors (Lipinski definition) is 2. The summed E-state index contributed by atoms with van der Waals surface area (Å²) in [6.45, 7) is 14.9. The molecule has 0 rings (SSSR count). The molecule has 0 saturated carbocycles. The van der Waals surface area contributed by atoms with Crippen LogP contribution in [0.3, 0.4) is 0 Å². The van der Waals surface area contributed by atoms with Crippen LogP contribution < -0.4 is 0 Å². The van der Waals surface area contributed by atoms with Crippen molar-refractivity contribution < 1.29 is 4.79 Å². The third kappa shape index (κ3) is 58.5. The maximum Gasteiger partial charge on any atom is 0.222 e.